The van der Waals surface area contributed by atoms with Crippen LogP contribution in [0, 0.1) is 11.6 Å². The van der Waals surface area contributed by atoms with Crippen LogP contribution < -0.4 is 11.1 Å². The number of hydrogen-bond acceptors (Lipinski definition) is 3. The van der Waals surface area contributed by atoms with Crippen molar-refractivity contribution in [3.8, 4) is 0 Å². The first-order valence-corrected chi connectivity index (χ1v) is 5.77. The van der Waals surface area contributed by atoms with Crippen molar-refractivity contribution in [2.75, 3.05) is 11.1 Å². The lowest BCUT2D eigenvalue weighted by Gasteiger charge is -2.10. The number of nitrogens with two attached hydrogens (primary N) is 1. The molecular weight excluding hydrogens is 266 g/mol. The minimum Gasteiger partial charge on any atom is -0.478 e. The van der Waals surface area contributed by atoms with E-state index in [1.165, 1.54) is 30.3 Å². The number of hydrogen-bond donors (Lipinski definition) is 3. The molecule has 0 aliphatic carbocycles. The van der Waals surface area contributed by atoms with Crippen LogP contribution in [-0.4, -0.2) is 11.1 Å². The van der Waals surface area contributed by atoms with Gasteiger partial charge < -0.3 is 16.2 Å². The maximum Gasteiger partial charge on any atom is 0.335 e. The Morgan fingerprint density at radius 1 is 1.15 bits per heavy atom. The van der Waals surface area contributed by atoms with E-state index in [1.54, 1.807) is 0 Å². The summed E-state index contributed by atoms with van der Waals surface area (Å²) in [5.74, 6) is -2.39. The molecule has 6 heteroatoms. The van der Waals surface area contributed by atoms with Crippen molar-refractivity contribution in [2.24, 2.45) is 0 Å². The monoisotopic (exact) mass is 278 g/mol. The lowest BCUT2D eigenvalue weighted by Crippen LogP contribution is -2.05. The number of halogens is 2. The van der Waals surface area contributed by atoms with Gasteiger partial charge in [0, 0.05) is 12.6 Å². The van der Waals surface area contributed by atoms with Gasteiger partial charge in [-0.1, -0.05) is 0 Å². The van der Waals surface area contributed by atoms with E-state index in [9.17, 15) is 13.6 Å². The molecule has 0 fully saturated rings. The first kappa shape index (κ1) is 13.8. The molecule has 0 radical (unpaired) electrons. The summed E-state index contributed by atoms with van der Waals surface area (Å²) in [6.07, 6.45) is 0. The zero-order valence-corrected chi connectivity index (χ0v) is 10.4. The van der Waals surface area contributed by atoms with Crippen molar-refractivity contribution < 1.29 is 18.7 Å². The number of nitrogen functional groups attached to an aromatic ring is 1. The standard InChI is InChI=1S/C14H12F2N2O2/c15-10-3-8(4-11(16)6-10)7-18-13-2-1-9(14(19)20)5-12(13)17/h1-6,18H,7,17H2,(H,19,20). The van der Waals surface area contributed by atoms with Gasteiger partial charge in [0.15, 0.2) is 0 Å². The van der Waals surface area contributed by atoms with Crippen LogP contribution in [0.5, 0.6) is 0 Å². The zero-order chi connectivity index (χ0) is 14.7. The molecule has 0 heterocycles. The highest BCUT2D eigenvalue weighted by molar-refractivity contribution is 5.90. The van der Waals surface area contributed by atoms with Crippen LogP contribution in [0.4, 0.5) is 20.2 Å². The van der Waals surface area contributed by atoms with Gasteiger partial charge in [-0.15, -0.1) is 0 Å². The normalized spacial score (nSPS) is 10.3. The SMILES string of the molecule is Nc1cc(C(=O)O)ccc1NCc1cc(F)cc(F)c1. The molecule has 0 atom stereocenters. The Kier molecular flexibility index (Phi) is 3.84. The highest BCUT2D eigenvalue weighted by Gasteiger charge is 2.07. The minimum absolute atomic E-state index is 0.0739. The highest BCUT2D eigenvalue weighted by atomic mass is 19.1. The largest absolute Gasteiger partial charge is 0.478 e. The summed E-state index contributed by atoms with van der Waals surface area (Å²) in [5, 5.41) is 11.7. The second kappa shape index (κ2) is 5.56. The number of nitrogens with one attached hydrogen (secondary N) is 1. The molecule has 4 N–H and O–H groups in total. The predicted molar refractivity (Wildman–Crippen MR) is 71.5 cm³/mol. The van der Waals surface area contributed by atoms with Gasteiger partial charge in [-0.2, -0.15) is 0 Å². The lowest BCUT2D eigenvalue weighted by atomic mass is 10.1. The number of anilines is 2. The van der Waals surface area contributed by atoms with Gasteiger partial charge in [0.1, 0.15) is 11.6 Å². The third-order valence-corrected chi connectivity index (χ3v) is 2.70. The topological polar surface area (TPSA) is 75.4 Å². The summed E-state index contributed by atoms with van der Waals surface area (Å²) in [4.78, 5) is 10.8. The molecular formula is C14H12F2N2O2. The van der Waals surface area contributed by atoms with E-state index < -0.39 is 17.6 Å². The first-order chi connectivity index (χ1) is 9.45. The van der Waals surface area contributed by atoms with Crippen molar-refractivity contribution in [3.05, 3.63) is 59.2 Å². The Morgan fingerprint density at radius 3 is 2.35 bits per heavy atom. The van der Waals surface area contributed by atoms with Crippen molar-refractivity contribution in [3.63, 3.8) is 0 Å². The molecule has 0 bridgehead atoms. The summed E-state index contributed by atoms with van der Waals surface area (Å²) >= 11 is 0. The van der Waals surface area contributed by atoms with Gasteiger partial charge in [-0.25, -0.2) is 13.6 Å². The van der Waals surface area contributed by atoms with Crippen molar-refractivity contribution in [1.82, 2.24) is 0 Å². The molecule has 2 aromatic rings. The highest BCUT2D eigenvalue weighted by Crippen LogP contribution is 2.21. The van der Waals surface area contributed by atoms with E-state index in [-0.39, 0.29) is 17.8 Å². The number of benzene rings is 2. The van der Waals surface area contributed by atoms with E-state index in [0.29, 0.717) is 11.3 Å². The minimum atomic E-state index is -1.07. The Morgan fingerprint density at radius 2 is 1.80 bits per heavy atom. The molecule has 0 amide bonds. The fourth-order valence-corrected chi connectivity index (χ4v) is 1.77. The predicted octanol–water partition coefficient (Wildman–Crippen LogP) is 2.86. The van der Waals surface area contributed by atoms with Crippen LogP contribution in [0.15, 0.2) is 36.4 Å². The maximum atomic E-state index is 13.0. The first-order valence-electron chi connectivity index (χ1n) is 5.77. The molecule has 2 rings (SSSR count). The zero-order valence-electron chi connectivity index (χ0n) is 10.4. The molecule has 2 aromatic carbocycles. The molecule has 0 aliphatic rings. The van der Waals surface area contributed by atoms with Crippen LogP contribution in [0.1, 0.15) is 15.9 Å². The molecule has 4 nitrogen and oxygen atoms in total. The molecule has 104 valence electrons. The number of carboxylic acid groups (broad SMARTS) is 1. The van der Waals surface area contributed by atoms with Crippen LogP contribution in [0.3, 0.4) is 0 Å². The molecule has 0 spiro atoms. The van der Waals surface area contributed by atoms with Crippen molar-refractivity contribution in [2.45, 2.75) is 6.54 Å². The maximum absolute atomic E-state index is 13.0. The van der Waals surface area contributed by atoms with E-state index in [4.69, 9.17) is 10.8 Å². The van der Waals surface area contributed by atoms with Gasteiger partial charge in [-0.05, 0) is 35.9 Å². The molecule has 0 unspecified atom stereocenters. The molecule has 0 saturated heterocycles. The van der Waals surface area contributed by atoms with Crippen LogP contribution in [0.25, 0.3) is 0 Å². The number of rotatable bonds is 4. The number of carbonyl (C=O) groups is 1. The van der Waals surface area contributed by atoms with E-state index in [1.807, 2.05) is 0 Å². The molecule has 0 aliphatic heterocycles. The Balaban J connectivity index is 2.12. The molecule has 0 aromatic heterocycles. The summed E-state index contributed by atoms with van der Waals surface area (Å²) in [6, 6.07) is 7.42. The second-order valence-corrected chi connectivity index (χ2v) is 4.24. The van der Waals surface area contributed by atoms with E-state index >= 15 is 0 Å². The Labute approximate surface area is 113 Å². The third kappa shape index (κ3) is 3.23. The fourth-order valence-electron chi connectivity index (χ4n) is 1.77. The summed E-state index contributed by atoms with van der Waals surface area (Å²) < 4.78 is 26.0. The van der Waals surface area contributed by atoms with Crippen molar-refractivity contribution in [1.29, 1.82) is 0 Å². The van der Waals surface area contributed by atoms with Gasteiger partial charge in [-0.3, -0.25) is 0 Å². The number of carboxylic acids is 1. The summed E-state index contributed by atoms with van der Waals surface area (Å²) in [7, 11) is 0. The summed E-state index contributed by atoms with van der Waals surface area (Å²) in [6.45, 7) is 0.172. The van der Waals surface area contributed by atoms with E-state index in [0.717, 1.165) is 6.07 Å². The quantitative estimate of drug-likeness (QED) is 0.752. The van der Waals surface area contributed by atoms with Gasteiger partial charge in [0.2, 0.25) is 0 Å². The van der Waals surface area contributed by atoms with Gasteiger partial charge >= 0.3 is 5.97 Å². The van der Waals surface area contributed by atoms with Gasteiger partial charge in [0.25, 0.3) is 0 Å². The molecule has 20 heavy (non-hydrogen) atoms. The van der Waals surface area contributed by atoms with Gasteiger partial charge in [0.05, 0.1) is 16.9 Å². The van der Waals surface area contributed by atoms with Crippen LogP contribution in [-0.2, 0) is 6.54 Å². The second-order valence-electron chi connectivity index (χ2n) is 4.24. The Bertz CT molecular complexity index is 639. The Hall–Kier alpha value is -2.63. The third-order valence-electron chi connectivity index (χ3n) is 2.70. The summed E-state index contributed by atoms with van der Waals surface area (Å²) in [5.41, 5.74) is 6.95. The number of aromatic carboxylic acids is 1. The van der Waals surface area contributed by atoms with Crippen molar-refractivity contribution >= 4 is 17.3 Å². The smallest absolute Gasteiger partial charge is 0.335 e. The fraction of sp³-hybridized carbons (Fsp3) is 0.0714. The average Bonchev–Trinajstić information content (AvgIpc) is 2.36. The van der Waals surface area contributed by atoms with Crippen LogP contribution in [0.2, 0.25) is 0 Å². The lowest BCUT2D eigenvalue weighted by molar-refractivity contribution is 0.0697. The van der Waals surface area contributed by atoms with Crippen LogP contribution >= 0.6 is 0 Å². The average molecular weight is 278 g/mol. The van der Waals surface area contributed by atoms with E-state index in [2.05, 4.69) is 5.32 Å². The molecule has 0 saturated carbocycles.